The third-order valence-electron chi connectivity index (χ3n) is 9.11. The van der Waals surface area contributed by atoms with E-state index in [0.29, 0.717) is 17.5 Å². The monoisotopic (exact) mass is 631 g/mol. The Balaban J connectivity index is 1.29. The molecule has 0 N–H and O–H groups in total. The van der Waals surface area contributed by atoms with Crippen molar-refractivity contribution in [2.75, 3.05) is 0 Å². The number of thiophene rings is 1. The average molecular weight is 632 g/mol. The van der Waals surface area contributed by atoms with Gasteiger partial charge in [-0.3, -0.25) is 0 Å². The molecule has 3 aromatic heterocycles. The molecule has 48 heavy (non-hydrogen) atoms. The second kappa shape index (κ2) is 10.7. The molecule has 0 fully saturated rings. The zero-order valence-electron chi connectivity index (χ0n) is 25.6. The normalized spacial score (nSPS) is 11.8. The van der Waals surface area contributed by atoms with Gasteiger partial charge >= 0.3 is 0 Å². The van der Waals surface area contributed by atoms with Gasteiger partial charge in [0, 0.05) is 53.0 Å². The third kappa shape index (κ3) is 4.33. The van der Waals surface area contributed by atoms with Gasteiger partial charge in [-0.25, -0.2) is 15.0 Å². The smallest absolute Gasteiger partial charge is 0.164 e. The SMILES string of the molecule is c1ccc(-c2nc(-c3ccccc3)nc(-c3cc(-c4ccc5sc6ccccc6c5c4)cc4oc5c6ccccc6ccc5c34)n2)cc1. The molecule has 0 amide bonds. The Morgan fingerprint density at radius 1 is 0.417 bits per heavy atom. The Morgan fingerprint density at radius 2 is 1.06 bits per heavy atom. The van der Waals surface area contributed by atoms with Crippen molar-refractivity contribution in [2.24, 2.45) is 0 Å². The molecule has 10 aromatic rings. The first-order valence-corrected chi connectivity index (χ1v) is 16.8. The molecule has 5 heteroatoms. The number of fused-ring (bicyclic) bond motifs is 8. The number of furan rings is 1. The lowest BCUT2D eigenvalue weighted by Gasteiger charge is -2.11. The van der Waals surface area contributed by atoms with Gasteiger partial charge in [0.15, 0.2) is 17.5 Å². The van der Waals surface area contributed by atoms with E-state index in [2.05, 4.69) is 91.0 Å². The van der Waals surface area contributed by atoms with Gasteiger partial charge in [0.2, 0.25) is 0 Å². The van der Waals surface area contributed by atoms with Crippen molar-refractivity contribution in [2.45, 2.75) is 0 Å². The average Bonchev–Trinajstić information content (AvgIpc) is 3.73. The maximum absolute atomic E-state index is 6.79. The maximum Gasteiger partial charge on any atom is 0.164 e. The van der Waals surface area contributed by atoms with Gasteiger partial charge in [-0.05, 0) is 52.9 Å². The largest absolute Gasteiger partial charge is 0.455 e. The van der Waals surface area contributed by atoms with E-state index < -0.39 is 0 Å². The number of hydrogen-bond acceptors (Lipinski definition) is 5. The van der Waals surface area contributed by atoms with Crippen molar-refractivity contribution in [1.82, 2.24) is 15.0 Å². The van der Waals surface area contributed by atoms with Crippen molar-refractivity contribution < 1.29 is 4.42 Å². The third-order valence-corrected chi connectivity index (χ3v) is 10.3. The first kappa shape index (κ1) is 27.0. The van der Waals surface area contributed by atoms with Gasteiger partial charge in [0.05, 0.1) is 0 Å². The molecule has 0 radical (unpaired) electrons. The number of benzene rings is 7. The van der Waals surface area contributed by atoms with Crippen LogP contribution in [0.15, 0.2) is 156 Å². The second-order valence-electron chi connectivity index (χ2n) is 12.0. The van der Waals surface area contributed by atoms with Crippen LogP contribution in [0.2, 0.25) is 0 Å². The van der Waals surface area contributed by atoms with E-state index in [0.717, 1.165) is 60.5 Å². The van der Waals surface area contributed by atoms with Gasteiger partial charge in [-0.2, -0.15) is 0 Å². The van der Waals surface area contributed by atoms with E-state index in [-0.39, 0.29) is 0 Å². The van der Waals surface area contributed by atoms with Crippen LogP contribution in [-0.4, -0.2) is 15.0 Å². The van der Waals surface area contributed by atoms with Crippen LogP contribution in [0.25, 0.3) is 98.2 Å². The van der Waals surface area contributed by atoms with Crippen molar-refractivity contribution in [1.29, 1.82) is 0 Å². The molecule has 0 saturated carbocycles. The molecule has 4 nitrogen and oxygen atoms in total. The predicted molar refractivity (Wildman–Crippen MR) is 199 cm³/mol. The zero-order chi connectivity index (χ0) is 31.6. The summed E-state index contributed by atoms with van der Waals surface area (Å²) < 4.78 is 9.35. The topological polar surface area (TPSA) is 51.8 Å². The summed E-state index contributed by atoms with van der Waals surface area (Å²) in [6.07, 6.45) is 0. The van der Waals surface area contributed by atoms with E-state index in [1.54, 1.807) is 0 Å². The summed E-state index contributed by atoms with van der Waals surface area (Å²) in [5.41, 5.74) is 6.59. The van der Waals surface area contributed by atoms with Crippen LogP contribution in [0.5, 0.6) is 0 Å². The summed E-state index contributed by atoms with van der Waals surface area (Å²) in [4.78, 5) is 15.3. The fourth-order valence-corrected chi connectivity index (χ4v) is 7.90. The maximum atomic E-state index is 6.79. The molecule has 0 aliphatic heterocycles. The summed E-state index contributed by atoms with van der Waals surface area (Å²) >= 11 is 1.83. The molecule has 0 aliphatic rings. The molecule has 7 aromatic carbocycles. The van der Waals surface area contributed by atoms with Gasteiger partial charge in [0.25, 0.3) is 0 Å². The van der Waals surface area contributed by atoms with Crippen molar-refractivity contribution >= 4 is 64.2 Å². The molecule has 0 saturated heterocycles. The van der Waals surface area contributed by atoms with Crippen molar-refractivity contribution in [3.8, 4) is 45.3 Å². The molecule has 3 heterocycles. The number of rotatable bonds is 4. The molecular formula is C43H25N3OS. The minimum Gasteiger partial charge on any atom is -0.455 e. The predicted octanol–water partition coefficient (Wildman–Crippen LogP) is 12.0. The van der Waals surface area contributed by atoms with Crippen LogP contribution in [0.1, 0.15) is 0 Å². The van der Waals surface area contributed by atoms with Crippen LogP contribution in [0.3, 0.4) is 0 Å². The van der Waals surface area contributed by atoms with E-state index >= 15 is 0 Å². The Kier molecular flexibility index (Phi) is 6.01. The molecule has 0 bridgehead atoms. The number of hydrogen-bond donors (Lipinski definition) is 0. The molecule has 224 valence electrons. The number of nitrogens with zero attached hydrogens (tertiary/aromatic N) is 3. The molecular weight excluding hydrogens is 607 g/mol. The summed E-state index contributed by atoms with van der Waals surface area (Å²) in [5, 5.41) is 6.77. The van der Waals surface area contributed by atoms with Crippen LogP contribution < -0.4 is 0 Å². The Morgan fingerprint density at radius 3 is 1.83 bits per heavy atom. The van der Waals surface area contributed by atoms with Gasteiger partial charge < -0.3 is 4.42 Å². The highest BCUT2D eigenvalue weighted by Gasteiger charge is 2.21. The molecule has 10 rings (SSSR count). The second-order valence-corrected chi connectivity index (χ2v) is 13.1. The summed E-state index contributed by atoms with van der Waals surface area (Å²) in [7, 11) is 0. The summed E-state index contributed by atoms with van der Waals surface area (Å²) in [6, 6.07) is 52.7. The lowest BCUT2D eigenvalue weighted by Crippen LogP contribution is -2.00. The van der Waals surface area contributed by atoms with E-state index in [1.807, 2.05) is 72.0 Å². The molecule has 0 spiro atoms. The highest BCUT2D eigenvalue weighted by Crippen LogP contribution is 2.43. The first-order valence-electron chi connectivity index (χ1n) is 15.9. The van der Waals surface area contributed by atoms with E-state index in [4.69, 9.17) is 19.4 Å². The molecule has 0 aliphatic carbocycles. The van der Waals surface area contributed by atoms with Gasteiger partial charge in [-0.1, -0.05) is 115 Å². The van der Waals surface area contributed by atoms with Crippen LogP contribution in [0.4, 0.5) is 0 Å². The Hall–Kier alpha value is -6.17. The lowest BCUT2D eigenvalue weighted by molar-refractivity contribution is 0.673. The summed E-state index contributed by atoms with van der Waals surface area (Å²) in [6.45, 7) is 0. The summed E-state index contributed by atoms with van der Waals surface area (Å²) in [5.74, 6) is 1.86. The fourth-order valence-electron chi connectivity index (χ4n) is 6.81. The lowest BCUT2D eigenvalue weighted by atomic mass is 9.96. The Labute approximate surface area is 279 Å². The minimum atomic E-state index is 0.604. The van der Waals surface area contributed by atoms with Crippen LogP contribution in [-0.2, 0) is 0 Å². The van der Waals surface area contributed by atoms with E-state index in [9.17, 15) is 0 Å². The fraction of sp³-hybridized carbons (Fsp3) is 0. The van der Waals surface area contributed by atoms with Gasteiger partial charge in [0.1, 0.15) is 11.2 Å². The first-order chi connectivity index (χ1) is 23.8. The zero-order valence-corrected chi connectivity index (χ0v) is 26.4. The highest BCUT2D eigenvalue weighted by atomic mass is 32.1. The molecule has 0 atom stereocenters. The quantitative estimate of drug-likeness (QED) is 0.194. The van der Waals surface area contributed by atoms with Crippen LogP contribution in [0, 0.1) is 0 Å². The minimum absolute atomic E-state index is 0.604. The highest BCUT2D eigenvalue weighted by molar-refractivity contribution is 7.25. The van der Waals surface area contributed by atoms with Crippen molar-refractivity contribution in [3.05, 3.63) is 152 Å². The van der Waals surface area contributed by atoms with E-state index in [1.165, 1.54) is 20.2 Å². The van der Waals surface area contributed by atoms with Crippen molar-refractivity contribution in [3.63, 3.8) is 0 Å². The van der Waals surface area contributed by atoms with Gasteiger partial charge in [-0.15, -0.1) is 11.3 Å². The molecule has 0 unspecified atom stereocenters. The Bertz CT molecular complexity index is 2780. The van der Waals surface area contributed by atoms with Crippen LogP contribution >= 0.6 is 11.3 Å². The number of aromatic nitrogens is 3. The standard InChI is InChI=1S/C43H25N3OS/c1-3-12-27(13-4-1)41-44-42(28-14-5-2-6-15-28)46-43(45-41)35-24-30(29-20-22-38-34(23-29)32-17-9-10-18-37(32)48-38)25-36-39(35)33-21-19-26-11-7-8-16-31(26)40(33)47-36/h1-25H.